The van der Waals surface area contributed by atoms with E-state index in [-0.39, 0.29) is 41.6 Å². The van der Waals surface area contributed by atoms with Gasteiger partial charge >= 0.3 is 0 Å². The fraction of sp³-hybridized carbons (Fsp3) is 0.630. The Morgan fingerprint density at radius 3 is 2.60 bits per heavy atom. The maximum absolute atomic E-state index is 13.4. The molecule has 2 aromatic rings. The van der Waals surface area contributed by atoms with E-state index in [0.717, 1.165) is 53.5 Å². The van der Waals surface area contributed by atoms with Crippen LogP contribution in [-0.4, -0.2) is 39.9 Å². The zero-order chi connectivity index (χ0) is 24.8. The standard InChI is InChI=1S/C27H36FN3O3S/c1-26-12-11-22(33)27(2,15-32)21(26)14-20-24(19(26)13-23(34)29-17-5-3-4-6-17)31-25(35-20)30-18-9-7-16(28)8-10-18/h7-10,17,19,21-22,32-33H,3-6,11-15H2,1-2H3,(H,29,34)(H,30,31). The summed E-state index contributed by atoms with van der Waals surface area (Å²) < 4.78 is 13.4. The predicted molar refractivity (Wildman–Crippen MR) is 135 cm³/mol. The monoisotopic (exact) mass is 501 g/mol. The molecule has 3 aliphatic carbocycles. The van der Waals surface area contributed by atoms with E-state index < -0.39 is 11.5 Å². The van der Waals surface area contributed by atoms with Crippen molar-refractivity contribution in [2.45, 2.75) is 83.3 Å². The number of benzene rings is 1. The van der Waals surface area contributed by atoms with Crippen LogP contribution >= 0.6 is 11.3 Å². The van der Waals surface area contributed by atoms with Gasteiger partial charge in [-0.15, -0.1) is 11.3 Å². The van der Waals surface area contributed by atoms with Gasteiger partial charge in [0.05, 0.1) is 18.4 Å². The molecule has 1 aromatic heterocycles. The van der Waals surface area contributed by atoms with E-state index in [0.29, 0.717) is 19.3 Å². The van der Waals surface area contributed by atoms with Crippen LogP contribution in [0.4, 0.5) is 15.2 Å². The summed E-state index contributed by atoms with van der Waals surface area (Å²) in [4.78, 5) is 19.3. The van der Waals surface area contributed by atoms with Crippen molar-refractivity contribution in [1.82, 2.24) is 10.3 Å². The van der Waals surface area contributed by atoms with Gasteiger partial charge < -0.3 is 20.8 Å². The van der Waals surface area contributed by atoms with Gasteiger partial charge in [0.15, 0.2) is 5.13 Å². The first-order valence-corrected chi connectivity index (χ1v) is 13.6. The van der Waals surface area contributed by atoms with Crippen LogP contribution in [0.15, 0.2) is 24.3 Å². The van der Waals surface area contributed by atoms with E-state index in [1.165, 1.54) is 12.1 Å². The molecular formula is C27H36FN3O3S. The molecule has 3 aliphatic rings. The van der Waals surface area contributed by atoms with Gasteiger partial charge in [-0.1, -0.05) is 26.7 Å². The second kappa shape index (κ2) is 9.45. The van der Waals surface area contributed by atoms with Gasteiger partial charge in [0, 0.05) is 34.4 Å². The Labute approximate surface area is 210 Å². The van der Waals surface area contributed by atoms with Crippen LogP contribution in [0.2, 0.25) is 0 Å². The zero-order valence-electron chi connectivity index (χ0n) is 20.5. The molecule has 5 unspecified atom stereocenters. The molecule has 4 N–H and O–H groups in total. The van der Waals surface area contributed by atoms with Gasteiger partial charge in [0.2, 0.25) is 5.91 Å². The largest absolute Gasteiger partial charge is 0.396 e. The highest BCUT2D eigenvalue weighted by atomic mass is 32.1. The summed E-state index contributed by atoms with van der Waals surface area (Å²) in [7, 11) is 0. The number of aliphatic hydroxyl groups excluding tert-OH is 2. The zero-order valence-corrected chi connectivity index (χ0v) is 21.3. The number of aliphatic hydroxyl groups is 2. The predicted octanol–water partition coefficient (Wildman–Crippen LogP) is 4.89. The summed E-state index contributed by atoms with van der Waals surface area (Å²) in [6.07, 6.45) is 6.28. The molecule has 2 saturated carbocycles. The number of amides is 1. The Balaban J connectivity index is 1.49. The van der Waals surface area contributed by atoms with Crippen molar-refractivity contribution < 1.29 is 19.4 Å². The molecule has 8 heteroatoms. The number of carbonyl (C=O) groups is 1. The molecule has 0 spiro atoms. The number of carbonyl (C=O) groups excluding carboxylic acids is 1. The van der Waals surface area contributed by atoms with Crippen molar-refractivity contribution >= 4 is 28.1 Å². The number of halogens is 1. The fourth-order valence-electron chi connectivity index (χ4n) is 6.90. The van der Waals surface area contributed by atoms with Gasteiger partial charge in [-0.25, -0.2) is 9.37 Å². The quantitative estimate of drug-likeness (QED) is 0.452. The van der Waals surface area contributed by atoms with Crippen LogP contribution in [0, 0.1) is 22.6 Å². The summed E-state index contributed by atoms with van der Waals surface area (Å²) in [5.41, 5.74) is 0.807. The highest BCUT2D eigenvalue weighted by Gasteiger charge is 2.59. The first-order chi connectivity index (χ1) is 16.7. The van der Waals surface area contributed by atoms with E-state index in [1.54, 1.807) is 23.5 Å². The normalized spacial score (nSPS) is 32.7. The molecular weight excluding hydrogens is 465 g/mol. The van der Waals surface area contributed by atoms with Gasteiger partial charge in [-0.2, -0.15) is 0 Å². The molecule has 0 saturated heterocycles. The van der Waals surface area contributed by atoms with Crippen molar-refractivity contribution in [3.05, 3.63) is 40.7 Å². The Hall–Kier alpha value is -2.03. The van der Waals surface area contributed by atoms with E-state index in [9.17, 15) is 19.4 Å². The average Bonchev–Trinajstić information content (AvgIpc) is 3.49. The van der Waals surface area contributed by atoms with E-state index in [1.807, 2.05) is 6.92 Å². The maximum Gasteiger partial charge on any atom is 0.220 e. The lowest BCUT2D eigenvalue weighted by molar-refractivity contribution is -0.144. The van der Waals surface area contributed by atoms with Crippen LogP contribution in [0.25, 0.3) is 0 Å². The molecule has 1 heterocycles. The van der Waals surface area contributed by atoms with Crippen LogP contribution in [0.3, 0.4) is 0 Å². The number of anilines is 2. The Bertz CT molecular complexity index is 1070. The van der Waals surface area contributed by atoms with Crippen molar-refractivity contribution in [3.63, 3.8) is 0 Å². The highest BCUT2D eigenvalue weighted by Crippen LogP contribution is 2.62. The van der Waals surface area contributed by atoms with Crippen molar-refractivity contribution in [3.8, 4) is 0 Å². The van der Waals surface area contributed by atoms with Gasteiger partial charge in [-0.3, -0.25) is 4.79 Å². The lowest BCUT2D eigenvalue weighted by Crippen LogP contribution is -2.57. The van der Waals surface area contributed by atoms with Crippen LogP contribution in [0.1, 0.15) is 75.3 Å². The van der Waals surface area contributed by atoms with Crippen molar-refractivity contribution in [2.75, 3.05) is 11.9 Å². The molecule has 35 heavy (non-hydrogen) atoms. The molecule has 0 aliphatic heterocycles. The van der Waals surface area contributed by atoms with Crippen molar-refractivity contribution in [1.29, 1.82) is 0 Å². The Kier molecular flexibility index (Phi) is 6.66. The number of aromatic nitrogens is 1. The third-order valence-electron chi connectivity index (χ3n) is 9.10. The molecule has 1 amide bonds. The van der Waals surface area contributed by atoms with Gasteiger partial charge in [0.25, 0.3) is 0 Å². The van der Waals surface area contributed by atoms with Crippen LogP contribution in [0.5, 0.6) is 0 Å². The topological polar surface area (TPSA) is 94.5 Å². The number of rotatable bonds is 6. The number of thiazole rings is 1. The molecule has 5 rings (SSSR count). The van der Waals surface area contributed by atoms with E-state index in [2.05, 4.69) is 17.6 Å². The molecule has 0 radical (unpaired) electrons. The SMILES string of the molecule is CC1(CO)C(O)CCC2(C)C(CC(=O)NC3CCCC3)c3nc(Nc4ccc(F)cc4)sc3CC12. The summed E-state index contributed by atoms with van der Waals surface area (Å²) in [6, 6.07) is 6.45. The summed E-state index contributed by atoms with van der Waals surface area (Å²) in [5.74, 6) is -0.301. The minimum Gasteiger partial charge on any atom is -0.396 e. The van der Waals surface area contributed by atoms with Gasteiger partial charge in [-0.05, 0) is 67.7 Å². The number of nitrogens with zero attached hydrogens (tertiary/aromatic N) is 1. The Morgan fingerprint density at radius 1 is 1.20 bits per heavy atom. The minimum atomic E-state index is -0.639. The summed E-state index contributed by atoms with van der Waals surface area (Å²) in [6.45, 7) is 4.11. The third kappa shape index (κ3) is 4.49. The highest BCUT2D eigenvalue weighted by molar-refractivity contribution is 7.15. The molecule has 6 nitrogen and oxygen atoms in total. The number of hydrogen-bond acceptors (Lipinski definition) is 6. The van der Waals surface area contributed by atoms with Crippen LogP contribution in [-0.2, 0) is 11.2 Å². The maximum atomic E-state index is 13.4. The Morgan fingerprint density at radius 2 is 1.91 bits per heavy atom. The smallest absolute Gasteiger partial charge is 0.220 e. The van der Waals surface area contributed by atoms with E-state index in [4.69, 9.17) is 4.98 Å². The van der Waals surface area contributed by atoms with Gasteiger partial charge in [0.1, 0.15) is 5.82 Å². The second-order valence-corrected chi connectivity index (χ2v) is 12.3. The minimum absolute atomic E-state index is 0.0275. The third-order valence-corrected chi connectivity index (χ3v) is 10.1. The number of hydrogen-bond donors (Lipinski definition) is 4. The average molecular weight is 502 g/mol. The molecule has 190 valence electrons. The number of nitrogens with one attached hydrogen (secondary N) is 2. The second-order valence-electron chi connectivity index (χ2n) is 11.2. The molecule has 2 fully saturated rings. The molecule has 5 atom stereocenters. The van der Waals surface area contributed by atoms with Crippen LogP contribution < -0.4 is 10.6 Å². The lowest BCUT2D eigenvalue weighted by atomic mass is 9.47. The van der Waals surface area contributed by atoms with E-state index >= 15 is 0 Å². The molecule has 1 aromatic carbocycles. The van der Waals surface area contributed by atoms with Crippen molar-refractivity contribution in [2.24, 2.45) is 16.7 Å². The fourth-order valence-corrected chi connectivity index (χ4v) is 7.99. The molecule has 0 bridgehead atoms. The first-order valence-electron chi connectivity index (χ1n) is 12.8. The lowest BCUT2D eigenvalue weighted by Gasteiger charge is -2.58. The first kappa shape index (κ1) is 24.7. The summed E-state index contributed by atoms with van der Waals surface area (Å²) in [5, 5.41) is 28.6. The summed E-state index contributed by atoms with van der Waals surface area (Å²) >= 11 is 1.55. The number of fused-ring (bicyclic) bond motifs is 2.